The van der Waals surface area contributed by atoms with Crippen molar-refractivity contribution in [2.24, 2.45) is 0 Å². The molecule has 12 heteroatoms. The average molecular weight is 509 g/mol. The van der Waals surface area contributed by atoms with E-state index >= 15 is 0 Å². The Bertz CT molecular complexity index is 1600. The minimum Gasteiger partial charge on any atom is -0.364 e. The number of halogens is 2. The van der Waals surface area contributed by atoms with E-state index in [4.69, 9.17) is 4.52 Å². The lowest BCUT2D eigenvalue weighted by Crippen LogP contribution is -2.16. The van der Waals surface area contributed by atoms with Gasteiger partial charge in [-0.25, -0.2) is 27.2 Å². The molecule has 2 aromatic carbocycles. The quantitative estimate of drug-likeness (QED) is 0.333. The van der Waals surface area contributed by atoms with Gasteiger partial charge in [-0.05, 0) is 35.9 Å². The van der Waals surface area contributed by atoms with E-state index in [1.54, 1.807) is 35.0 Å². The minimum absolute atomic E-state index is 0.0359. The topological polar surface area (TPSA) is 116 Å². The fraction of sp³-hybridized carbons (Fsp3) is 0.0833. The van der Waals surface area contributed by atoms with Crippen LogP contribution in [0.1, 0.15) is 11.1 Å². The molecule has 0 radical (unpaired) electrons. The SMILES string of the molecule is O=S(=O)(Cc1ccc(F)cc1)Nc1ccnc(-c2cc(-c3ccon3)n(Cc3ccccc3F)n2)n1. The second-order valence-corrected chi connectivity index (χ2v) is 9.52. The summed E-state index contributed by atoms with van der Waals surface area (Å²) in [6, 6.07) is 16.2. The number of anilines is 1. The highest BCUT2D eigenvalue weighted by Gasteiger charge is 2.18. The van der Waals surface area contributed by atoms with Crippen LogP contribution in [0.15, 0.2) is 83.7 Å². The van der Waals surface area contributed by atoms with Gasteiger partial charge in [0.15, 0.2) is 5.82 Å². The van der Waals surface area contributed by atoms with Crippen molar-refractivity contribution in [3.8, 4) is 22.9 Å². The number of hydrogen-bond acceptors (Lipinski definition) is 7. The van der Waals surface area contributed by atoms with Crippen LogP contribution in [-0.4, -0.2) is 33.3 Å². The highest BCUT2D eigenvalue weighted by molar-refractivity contribution is 7.91. The smallest absolute Gasteiger partial charge is 0.238 e. The normalized spacial score (nSPS) is 11.5. The summed E-state index contributed by atoms with van der Waals surface area (Å²) in [6.45, 7) is 0.110. The summed E-state index contributed by atoms with van der Waals surface area (Å²) >= 11 is 0. The Balaban J connectivity index is 1.44. The fourth-order valence-corrected chi connectivity index (χ4v) is 4.66. The van der Waals surface area contributed by atoms with Crippen molar-refractivity contribution in [3.05, 3.63) is 102 Å². The van der Waals surface area contributed by atoms with Crippen molar-refractivity contribution in [3.63, 3.8) is 0 Å². The van der Waals surface area contributed by atoms with Crippen LogP contribution in [0, 0.1) is 11.6 Å². The summed E-state index contributed by atoms with van der Waals surface area (Å²) in [4.78, 5) is 8.50. The Kier molecular flexibility index (Phi) is 6.25. The number of hydrogen-bond donors (Lipinski definition) is 1. The summed E-state index contributed by atoms with van der Waals surface area (Å²) in [5.41, 5.74) is 2.17. The van der Waals surface area contributed by atoms with Crippen LogP contribution in [0.4, 0.5) is 14.6 Å². The molecule has 5 aromatic rings. The molecule has 0 fully saturated rings. The first-order chi connectivity index (χ1) is 17.4. The fourth-order valence-electron chi connectivity index (χ4n) is 3.52. The van der Waals surface area contributed by atoms with E-state index in [0.29, 0.717) is 28.2 Å². The Labute approximate surface area is 204 Å². The lowest BCUT2D eigenvalue weighted by molar-refractivity contribution is 0.421. The maximum absolute atomic E-state index is 14.3. The largest absolute Gasteiger partial charge is 0.364 e. The van der Waals surface area contributed by atoms with Crippen molar-refractivity contribution in [1.29, 1.82) is 0 Å². The molecule has 0 saturated heterocycles. The van der Waals surface area contributed by atoms with Crippen molar-refractivity contribution < 1.29 is 21.7 Å². The monoisotopic (exact) mass is 508 g/mol. The van der Waals surface area contributed by atoms with Crippen LogP contribution in [0.5, 0.6) is 0 Å². The lowest BCUT2D eigenvalue weighted by atomic mass is 10.2. The number of nitrogens with zero attached hydrogens (tertiary/aromatic N) is 5. The number of aromatic nitrogens is 5. The lowest BCUT2D eigenvalue weighted by Gasteiger charge is -2.08. The first kappa shape index (κ1) is 23.3. The molecular weight excluding hydrogens is 490 g/mol. The van der Waals surface area contributed by atoms with Gasteiger partial charge in [0, 0.05) is 17.8 Å². The van der Waals surface area contributed by atoms with E-state index in [2.05, 4.69) is 24.9 Å². The molecule has 0 saturated carbocycles. The standard InChI is InChI=1S/C24H18F2N6O3S/c25-18-7-5-16(6-8-18)15-36(33,34)31-23-9-11-27-24(28-23)21-13-22(20-10-12-35-30-20)32(29-21)14-17-3-1-2-4-19(17)26/h1-13H,14-15H2,(H,27,28,31). The van der Waals surface area contributed by atoms with Crippen molar-refractivity contribution in [2.45, 2.75) is 12.3 Å². The third kappa shape index (κ3) is 5.28. The van der Waals surface area contributed by atoms with Gasteiger partial charge in [-0.1, -0.05) is 35.5 Å². The Morgan fingerprint density at radius 1 is 0.972 bits per heavy atom. The molecule has 0 aliphatic carbocycles. The van der Waals surface area contributed by atoms with E-state index < -0.39 is 15.8 Å². The minimum atomic E-state index is -3.84. The molecule has 0 atom stereocenters. The van der Waals surface area contributed by atoms with E-state index in [1.807, 2.05) is 0 Å². The van der Waals surface area contributed by atoms with Crippen LogP contribution in [-0.2, 0) is 22.3 Å². The van der Waals surface area contributed by atoms with Gasteiger partial charge in [-0.15, -0.1) is 0 Å². The van der Waals surface area contributed by atoms with E-state index in [1.165, 1.54) is 48.9 Å². The number of sulfonamides is 1. The molecule has 182 valence electrons. The van der Waals surface area contributed by atoms with Crippen LogP contribution < -0.4 is 4.72 Å². The molecule has 0 bridgehead atoms. The van der Waals surface area contributed by atoms with Crippen molar-refractivity contribution in [2.75, 3.05) is 4.72 Å². The molecule has 0 aliphatic heterocycles. The number of nitrogens with one attached hydrogen (secondary N) is 1. The second kappa shape index (κ2) is 9.66. The van der Waals surface area contributed by atoms with Crippen LogP contribution in [0.25, 0.3) is 22.9 Å². The zero-order valence-corrected chi connectivity index (χ0v) is 19.4. The highest BCUT2D eigenvalue weighted by atomic mass is 32.2. The first-order valence-electron chi connectivity index (χ1n) is 10.7. The molecule has 9 nitrogen and oxygen atoms in total. The van der Waals surface area contributed by atoms with Gasteiger partial charge >= 0.3 is 0 Å². The third-order valence-corrected chi connectivity index (χ3v) is 6.41. The van der Waals surface area contributed by atoms with Crippen LogP contribution in [0.2, 0.25) is 0 Å². The molecule has 0 unspecified atom stereocenters. The van der Waals surface area contributed by atoms with Gasteiger partial charge in [0.1, 0.15) is 35.1 Å². The van der Waals surface area contributed by atoms with Crippen LogP contribution in [0.3, 0.4) is 0 Å². The zero-order chi connectivity index (χ0) is 25.1. The predicted molar refractivity (Wildman–Crippen MR) is 127 cm³/mol. The summed E-state index contributed by atoms with van der Waals surface area (Å²) in [6.07, 6.45) is 2.80. The molecular formula is C24H18F2N6O3S. The maximum atomic E-state index is 14.3. The Morgan fingerprint density at radius 2 is 1.78 bits per heavy atom. The van der Waals surface area contributed by atoms with E-state index in [9.17, 15) is 17.2 Å². The number of benzene rings is 2. The van der Waals surface area contributed by atoms with Gasteiger partial charge in [0.25, 0.3) is 0 Å². The highest BCUT2D eigenvalue weighted by Crippen LogP contribution is 2.25. The molecule has 0 amide bonds. The molecule has 36 heavy (non-hydrogen) atoms. The maximum Gasteiger partial charge on any atom is 0.238 e. The number of rotatable bonds is 8. The molecule has 1 N–H and O–H groups in total. The van der Waals surface area contributed by atoms with Gasteiger partial charge in [0.05, 0.1) is 18.0 Å². The first-order valence-corrected chi connectivity index (χ1v) is 12.3. The Morgan fingerprint density at radius 3 is 2.53 bits per heavy atom. The summed E-state index contributed by atoms with van der Waals surface area (Å²) in [5, 5.41) is 8.46. The van der Waals surface area contributed by atoms with Gasteiger partial charge in [-0.2, -0.15) is 5.10 Å². The van der Waals surface area contributed by atoms with E-state index in [-0.39, 0.29) is 29.8 Å². The second-order valence-electron chi connectivity index (χ2n) is 7.80. The molecule has 3 aromatic heterocycles. The third-order valence-electron chi connectivity index (χ3n) is 5.17. The van der Waals surface area contributed by atoms with Gasteiger partial charge in [0.2, 0.25) is 10.0 Å². The molecule has 3 heterocycles. The van der Waals surface area contributed by atoms with Crippen molar-refractivity contribution in [1.82, 2.24) is 24.9 Å². The average Bonchev–Trinajstić information content (AvgIpc) is 3.52. The summed E-state index contributed by atoms with van der Waals surface area (Å²) < 4.78 is 61.5. The summed E-state index contributed by atoms with van der Waals surface area (Å²) in [5.74, 6) is -1.01. The Hall–Kier alpha value is -4.45. The molecule has 5 rings (SSSR count). The van der Waals surface area contributed by atoms with Gasteiger partial charge in [-0.3, -0.25) is 9.40 Å². The van der Waals surface area contributed by atoms with E-state index in [0.717, 1.165) is 0 Å². The predicted octanol–water partition coefficient (Wildman–Crippen LogP) is 4.26. The molecule has 0 spiro atoms. The summed E-state index contributed by atoms with van der Waals surface area (Å²) in [7, 11) is -3.84. The zero-order valence-electron chi connectivity index (χ0n) is 18.5. The van der Waals surface area contributed by atoms with Crippen LogP contribution >= 0.6 is 0 Å². The molecule has 0 aliphatic rings. The van der Waals surface area contributed by atoms with Crippen molar-refractivity contribution >= 4 is 15.8 Å². The van der Waals surface area contributed by atoms with Gasteiger partial charge < -0.3 is 4.52 Å².